The fraction of sp³-hybridized carbons (Fsp3) is 0.667. The zero-order valence-corrected chi connectivity index (χ0v) is 10.2. The molecule has 1 atom stereocenters. The van der Waals surface area contributed by atoms with E-state index in [1.807, 2.05) is 0 Å². The Hall–Kier alpha value is -1.23. The van der Waals surface area contributed by atoms with Crippen LogP contribution in [0, 0.1) is 12.7 Å². The van der Waals surface area contributed by atoms with Crippen molar-refractivity contribution in [3.63, 3.8) is 0 Å². The summed E-state index contributed by atoms with van der Waals surface area (Å²) in [4.78, 5) is 10.0. The SMILES string of the molecule is Cc1ncnc(N2CCCCC2CCN)c1F. The number of nitrogens with two attached hydrogens (primary N) is 1. The predicted octanol–water partition coefficient (Wildman–Crippen LogP) is 1.63. The second kappa shape index (κ2) is 5.40. The molecule has 1 unspecified atom stereocenters. The van der Waals surface area contributed by atoms with Crippen molar-refractivity contribution in [3.8, 4) is 0 Å². The van der Waals surface area contributed by atoms with Crippen LogP contribution in [0.4, 0.5) is 10.2 Å². The first-order valence-electron chi connectivity index (χ1n) is 6.18. The topological polar surface area (TPSA) is 55.0 Å². The van der Waals surface area contributed by atoms with Crippen molar-refractivity contribution in [2.45, 2.75) is 38.6 Å². The van der Waals surface area contributed by atoms with E-state index in [4.69, 9.17) is 5.73 Å². The van der Waals surface area contributed by atoms with Crippen LogP contribution in [-0.4, -0.2) is 29.1 Å². The summed E-state index contributed by atoms with van der Waals surface area (Å²) in [6.45, 7) is 3.16. The van der Waals surface area contributed by atoms with Gasteiger partial charge >= 0.3 is 0 Å². The average Bonchev–Trinajstić information content (AvgIpc) is 2.34. The van der Waals surface area contributed by atoms with Gasteiger partial charge in [0, 0.05) is 12.6 Å². The molecule has 2 rings (SSSR count). The Labute approximate surface area is 101 Å². The Balaban J connectivity index is 2.26. The molecular weight excluding hydrogens is 219 g/mol. The number of piperidine rings is 1. The number of halogens is 1. The van der Waals surface area contributed by atoms with Gasteiger partial charge in [-0.3, -0.25) is 0 Å². The molecule has 0 radical (unpaired) electrons. The van der Waals surface area contributed by atoms with E-state index in [-0.39, 0.29) is 5.82 Å². The van der Waals surface area contributed by atoms with Crippen LogP contribution in [0.3, 0.4) is 0 Å². The lowest BCUT2D eigenvalue weighted by Crippen LogP contribution is -2.42. The van der Waals surface area contributed by atoms with Crippen LogP contribution in [0.5, 0.6) is 0 Å². The Morgan fingerprint density at radius 2 is 2.29 bits per heavy atom. The molecule has 0 aliphatic carbocycles. The Morgan fingerprint density at radius 1 is 1.47 bits per heavy atom. The van der Waals surface area contributed by atoms with E-state index in [0.717, 1.165) is 25.8 Å². The molecule has 1 aromatic rings. The van der Waals surface area contributed by atoms with Crippen molar-refractivity contribution < 1.29 is 4.39 Å². The first-order valence-corrected chi connectivity index (χ1v) is 6.18. The monoisotopic (exact) mass is 238 g/mol. The number of aryl methyl sites for hydroxylation is 1. The molecule has 5 heteroatoms. The van der Waals surface area contributed by atoms with Gasteiger partial charge in [0.05, 0.1) is 5.69 Å². The average molecular weight is 238 g/mol. The second-order valence-corrected chi connectivity index (χ2v) is 4.52. The first-order chi connectivity index (χ1) is 8.24. The van der Waals surface area contributed by atoms with Crippen molar-refractivity contribution in [3.05, 3.63) is 17.8 Å². The van der Waals surface area contributed by atoms with Crippen molar-refractivity contribution in [1.29, 1.82) is 0 Å². The number of rotatable bonds is 3. The summed E-state index contributed by atoms with van der Waals surface area (Å²) in [5.74, 6) is 0.145. The zero-order valence-electron chi connectivity index (χ0n) is 10.2. The van der Waals surface area contributed by atoms with Gasteiger partial charge in [-0.15, -0.1) is 0 Å². The molecular formula is C12H19FN4. The normalized spacial score (nSPS) is 20.6. The van der Waals surface area contributed by atoms with Gasteiger partial charge < -0.3 is 10.6 Å². The Morgan fingerprint density at radius 3 is 3.06 bits per heavy atom. The minimum atomic E-state index is -0.295. The number of nitrogens with zero attached hydrogens (tertiary/aromatic N) is 3. The molecule has 2 heterocycles. The van der Waals surface area contributed by atoms with Crippen molar-refractivity contribution in [1.82, 2.24) is 9.97 Å². The highest BCUT2D eigenvalue weighted by Gasteiger charge is 2.25. The van der Waals surface area contributed by atoms with Crippen LogP contribution in [0.2, 0.25) is 0 Å². The minimum Gasteiger partial charge on any atom is -0.351 e. The molecule has 1 aliphatic rings. The summed E-state index contributed by atoms with van der Waals surface area (Å²) >= 11 is 0. The van der Waals surface area contributed by atoms with Crippen LogP contribution in [0.15, 0.2) is 6.33 Å². The lowest BCUT2D eigenvalue weighted by Gasteiger charge is -2.36. The lowest BCUT2D eigenvalue weighted by atomic mass is 9.99. The molecule has 17 heavy (non-hydrogen) atoms. The third-order valence-electron chi connectivity index (χ3n) is 3.34. The molecule has 1 saturated heterocycles. The maximum Gasteiger partial charge on any atom is 0.186 e. The Bertz CT molecular complexity index is 381. The highest BCUT2D eigenvalue weighted by atomic mass is 19.1. The van der Waals surface area contributed by atoms with Crippen LogP contribution >= 0.6 is 0 Å². The van der Waals surface area contributed by atoms with E-state index in [0.29, 0.717) is 24.1 Å². The molecule has 2 N–H and O–H groups in total. The lowest BCUT2D eigenvalue weighted by molar-refractivity contribution is 0.430. The van der Waals surface area contributed by atoms with E-state index in [9.17, 15) is 4.39 Å². The molecule has 0 aromatic carbocycles. The quantitative estimate of drug-likeness (QED) is 0.869. The molecule has 0 bridgehead atoms. The van der Waals surface area contributed by atoms with E-state index in [1.54, 1.807) is 6.92 Å². The fourth-order valence-corrected chi connectivity index (χ4v) is 2.42. The van der Waals surface area contributed by atoms with Gasteiger partial charge in [-0.2, -0.15) is 0 Å². The molecule has 0 amide bonds. The van der Waals surface area contributed by atoms with Gasteiger partial charge in [0.2, 0.25) is 0 Å². The molecule has 1 aromatic heterocycles. The molecule has 1 fully saturated rings. The number of anilines is 1. The van der Waals surface area contributed by atoms with Gasteiger partial charge in [0.15, 0.2) is 11.6 Å². The molecule has 0 spiro atoms. The molecule has 94 valence electrons. The second-order valence-electron chi connectivity index (χ2n) is 4.52. The van der Waals surface area contributed by atoms with E-state index in [2.05, 4.69) is 14.9 Å². The van der Waals surface area contributed by atoms with Gasteiger partial charge in [-0.1, -0.05) is 0 Å². The summed E-state index contributed by atoms with van der Waals surface area (Å²) in [5.41, 5.74) is 6.02. The van der Waals surface area contributed by atoms with E-state index >= 15 is 0 Å². The van der Waals surface area contributed by atoms with Gasteiger partial charge in [-0.25, -0.2) is 14.4 Å². The summed E-state index contributed by atoms with van der Waals surface area (Å²) in [6, 6.07) is 0.317. The maximum atomic E-state index is 14.0. The third kappa shape index (κ3) is 2.54. The van der Waals surface area contributed by atoms with Gasteiger partial charge in [0.25, 0.3) is 0 Å². The van der Waals surface area contributed by atoms with Crippen LogP contribution in [-0.2, 0) is 0 Å². The summed E-state index contributed by atoms with van der Waals surface area (Å²) < 4.78 is 14.0. The van der Waals surface area contributed by atoms with E-state index in [1.165, 1.54) is 12.7 Å². The fourth-order valence-electron chi connectivity index (χ4n) is 2.42. The van der Waals surface area contributed by atoms with Crippen LogP contribution < -0.4 is 10.6 Å². The van der Waals surface area contributed by atoms with Crippen LogP contribution in [0.1, 0.15) is 31.4 Å². The highest BCUT2D eigenvalue weighted by Crippen LogP contribution is 2.27. The minimum absolute atomic E-state index is 0.295. The number of hydrogen-bond donors (Lipinski definition) is 1. The maximum absolute atomic E-state index is 14.0. The molecule has 0 saturated carbocycles. The number of aromatic nitrogens is 2. The smallest absolute Gasteiger partial charge is 0.186 e. The summed E-state index contributed by atoms with van der Waals surface area (Å²) in [6.07, 6.45) is 5.67. The highest BCUT2D eigenvalue weighted by molar-refractivity contribution is 5.42. The van der Waals surface area contributed by atoms with E-state index < -0.39 is 0 Å². The first kappa shape index (κ1) is 12.2. The van der Waals surface area contributed by atoms with Gasteiger partial charge in [-0.05, 0) is 39.2 Å². The molecule has 4 nitrogen and oxygen atoms in total. The van der Waals surface area contributed by atoms with Crippen molar-refractivity contribution in [2.24, 2.45) is 5.73 Å². The standard InChI is InChI=1S/C12H19FN4/c1-9-11(13)12(16-8-15-9)17-7-3-2-4-10(17)5-6-14/h8,10H,2-7,14H2,1H3. The zero-order chi connectivity index (χ0) is 12.3. The number of hydrogen-bond acceptors (Lipinski definition) is 4. The molecule has 1 aliphatic heterocycles. The third-order valence-corrected chi connectivity index (χ3v) is 3.34. The van der Waals surface area contributed by atoms with Gasteiger partial charge in [0.1, 0.15) is 6.33 Å². The van der Waals surface area contributed by atoms with Crippen molar-refractivity contribution in [2.75, 3.05) is 18.0 Å². The largest absolute Gasteiger partial charge is 0.351 e. The summed E-state index contributed by atoms with van der Waals surface area (Å²) in [7, 11) is 0. The summed E-state index contributed by atoms with van der Waals surface area (Å²) in [5, 5.41) is 0. The predicted molar refractivity (Wildman–Crippen MR) is 65.4 cm³/mol. The Kier molecular flexibility index (Phi) is 3.89. The van der Waals surface area contributed by atoms with Crippen LogP contribution in [0.25, 0.3) is 0 Å². The van der Waals surface area contributed by atoms with Crippen molar-refractivity contribution >= 4 is 5.82 Å².